The molecule has 7 nitrogen and oxygen atoms in total. The standard InChI is InChI=1S/C16H23N5O2/c1-16(2,3)23-15(22)20-8-4-5-11(10-20)13-7-6-12-9-18-14(17)19-21(12)13/h6-7,9,11H,4-5,8,10H2,1-3H3,(H2,17,19). The number of nitrogens with two attached hydrogens (primary N) is 1. The van der Waals surface area contributed by atoms with Gasteiger partial charge in [-0.2, -0.15) is 0 Å². The zero-order valence-electron chi connectivity index (χ0n) is 13.8. The van der Waals surface area contributed by atoms with Crippen molar-refractivity contribution in [2.24, 2.45) is 0 Å². The highest BCUT2D eigenvalue weighted by Crippen LogP contribution is 2.28. The number of likely N-dealkylation sites (tertiary alicyclic amines) is 1. The van der Waals surface area contributed by atoms with Crippen molar-refractivity contribution in [3.05, 3.63) is 24.0 Å². The van der Waals surface area contributed by atoms with Crippen LogP contribution in [0.1, 0.15) is 45.2 Å². The van der Waals surface area contributed by atoms with Gasteiger partial charge in [0.25, 0.3) is 0 Å². The van der Waals surface area contributed by atoms with Gasteiger partial charge in [-0.05, 0) is 45.7 Å². The van der Waals surface area contributed by atoms with Gasteiger partial charge in [-0.1, -0.05) is 0 Å². The zero-order chi connectivity index (χ0) is 16.6. The molecule has 2 N–H and O–H groups in total. The highest BCUT2D eigenvalue weighted by molar-refractivity contribution is 5.68. The summed E-state index contributed by atoms with van der Waals surface area (Å²) in [5, 5.41) is 4.29. The highest BCUT2D eigenvalue weighted by atomic mass is 16.6. The monoisotopic (exact) mass is 317 g/mol. The van der Waals surface area contributed by atoms with Gasteiger partial charge in [0.05, 0.1) is 11.7 Å². The van der Waals surface area contributed by atoms with Gasteiger partial charge < -0.3 is 15.4 Å². The second kappa shape index (κ2) is 5.72. The Morgan fingerprint density at radius 3 is 2.91 bits per heavy atom. The molecule has 1 aliphatic rings. The Labute approximate surface area is 135 Å². The van der Waals surface area contributed by atoms with E-state index in [4.69, 9.17) is 10.5 Å². The van der Waals surface area contributed by atoms with Crippen LogP contribution in [0, 0.1) is 0 Å². The summed E-state index contributed by atoms with van der Waals surface area (Å²) in [6, 6.07) is 4.01. The molecule has 1 saturated heterocycles. The molecule has 2 aromatic rings. The molecule has 0 spiro atoms. The second-order valence-electron chi connectivity index (χ2n) is 6.98. The number of nitrogens with zero attached hydrogens (tertiary/aromatic N) is 4. The third kappa shape index (κ3) is 3.38. The molecule has 0 saturated carbocycles. The second-order valence-corrected chi connectivity index (χ2v) is 6.98. The van der Waals surface area contributed by atoms with Gasteiger partial charge in [0.1, 0.15) is 5.60 Å². The van der Waals surface area contributed by atoms with Gasteiger partial charge in [0, 0.05) is 24.7 Å². The van der Waals surface area contributed by atoms with E-state index in [2.05, 4.69) is 10.1 Å². The number of aromatic nitrogens is 3. The molecule has 0 aliphatic carbocycles. The van der Waals surface area contributed by atoms with Gasteiger partial charge >= 0.3 is 6.09 Å². The van der Waals surface area contributed by atoms with E-state index in [1.807, 2.05) is 37.4 Å². The van der Waals surface area contributed by atoms with E-state index < -0.39 is 5.60 Å². The maximum absolute atomic E-state index is 12.3. The van der Waals surface area contributed by atoms with Crippen LogP contribution in [0.25, 0.3) is 5.52 Å². The van der Waals surface area contributed by atoms with Crippen molar-refractivity contribution in [3.8, 4) is 0 Å². The Balaban J connectivity index is 1.80. The minimum Gasteiger partial charge on any atom is -0.444 e. The van der Waals surface area contributed by atoms with Crippen molar-refractivity contribution < 1.29 is 9.53 Å². The van der Waals surface area contributed by atoms with Crippen molar-refractivity contribution >= 4 is 17.6 Å². The van der Waals surface area contributed by atoms with Gasteiger partial charge in [-0.3, -0.25) is 0 Å². The molecule has 1 amide bonds. The molecule has 0 aromatic carbocycles. The molecule has 1 fully saturated rings. The SMILES string of the molecule is CC(C)(C)OC(=O)N1CCCC(c2ccc3cnc(N)nn23)C1. The fourth-order valence-corrected chi connectivity index (χ4v) is 2.95. The van der Waals surface area contributed by atoms with Gasteiger partial charge in [0.2, 0.25) is 5.95 Å². The summed E-state index contributed by atoms with van der Waals surface area (Å²) in [4.78, 5) is 18.1. The molecule has 1 atom stereocenters. The predicted octanol–water partition coefficient (Wildman–Crippen LogP) is 2.43. The molecule has 0 radical (unpaired) electrons. The molecule has 1 unspecified atom stereocenters. The molecule has 7 heteroatoms. The molecular weight excluding hydrogens is 294 g/mol. The summed E-state index contributed by atoms with van der Waals surface area (Å²) >= 11 is 0. The van der Waals surface area contributed by atoms with Crippen molar-refractivity contribution in [3.63, 3.8) is 0 Å². The molecule has 3 rings (SSSR count). The van der Waals surface area contributed by atoms with Crippen LogP contribution in [0.4, 0.5) is 10.7 Å². The van der Waals surface area contributed by atoms with Gasteiger partial charge in [-0.25, -0.2) is 14.3 Å². The van der Waals surface area contributed by atoms with Crippen molar-refractivity contribution in [2.45, 2.75) is 45.1 Å². The van der Waals surface area contributed by atoms with E-state index in [-0.39, 0.29) is 18.0 Å². The third-order valence-corrected chi connectivity index (χ3v) is 3.94. The summed E-state index contributed by atoms with van der Waals surface area (Å²) in [6.07, 6.45) is 3.41. The first kappa shape index (κ1) is 15.6. The van der Waals surface area contributed by atoms with E-state index in [1.54, 1.807) is 11.1 Å². The normalized spacial score (nSPS) is 19.1. The van der Waals surface area contributed by atoms with Crippen molar-refractivity contribution in [1.29, 1.82) is 0 Å². The number of anilines is 1. The topological polar surface area (TPSA) is 85.8 Å². The quantitative estimate of drug-likeness (QED) is 0.873. The predicted molar refractivity (Wildman–Crippen MR) is 87.2 cm³/mol. The lowest BCUT2D eigenvalue weighted by Gasteiger charge is -2.34. The van der Waals surface area contributed by atoms with Crippen LogP contribution in [0.5, 0.6) is 0 Å². The van der Waals surface area contributed by atoms with E-state index in [9.17, 15) is 4.79 Å². The molecule has 124 valence electrons. The Morgan fingerprint density at radius 2 is 2.17 bits per heavy atom. The maximum Gasteiger partial charge on any atom is 0.410 e. The van der Waals surface area contributed by atoms with E-state index in [0.717, 1.165) is 30.6 Å². The molecule has 3 heterocycles. The smallest absolute Gasteiger partial charge is 0.410 e. The van der Waals surface area contributed by atoms with E-state index in [1.165, 1.54) is 0 Å². The van der Waals surface area contributed by atoms with Crippen LogP contribution >= 0.6 is 0 Å². The number of fused-ring (bicyclic) bond motifs is 1. The number of nitrogen functional groups attached to an aromatic ring is 1. The molecule has 0 bridgehead atoms. The van der Waals surface area contributed by atoms with Crippen LogP contribution in [0.15, 0.2) is 18.3 Å². The fourth-order valence-electron chi connectivity index (χ4n) is 2.95. The molecule has 2 aromatic heterocycles. The number of carbonyl (C=O) groups excluding carboxylic acids is 1. The summed E-state index contributed by atoms with van der Waals surface area (Å²) in [5.74, 6) is 0.461. The Hall–Kier alpha value is -2.31. The number of hydrogen-bond donors (Lipinski definition) is 1. The average Bonchev–Trinajstić information content (AvgIpc) is 2.88. The van der Waals surface area contributed by atoms with E-state index in [0.29, 0.717) is 6.54 Å². The zero-order valence-corrected chi connectivity index (χ0v) is 13.8. The number of hydrogen-bond acceptors (Lipinski definition) is 5. The maximum atomic E-state index is 12.3. The third-order valence-electron chi connectivity index (χ3n) is 3.94. The number of carbonyl (C=O) groups is 1. The van der Waals surface area contributed by atoms with Crippen molar-refractivity contribution in [2.75, 3.05) is 18.8 Å². The number of amides is 1. The summed E-state index contributed by atoms with van der Waals surface area (Å²) in [5.41, 5.74) is 7.18. The molecule has 23 heavy (non-hydrogen) atoms. The Morgan fingerprint density at radius 1 is 1.39 bits per heavy atom. The summed E-state index contributed by atoms with van der Waals surface area (Å²) in [6.45, 7) is 7.00. The lowest BCUT2D eigenvalue weighted by molar-refractivity contribution is 0.0196. The Kier molecular flexibility index (Phi) is 3.87. The van der Waals surface area contributed by atoms with Gasteiger partial charge in [-0.15, -0.1) is 5.10 Å². The molecular formula is C16H23N5O2. The van der Waals surface area contributed by atoms with Crippen LogP contribution in [0.2, 0.25) is 0 Å². The van der Waals surface area contributed by atoms with Crippen molar-refractivity contribution in [1.82, 2.24) is 19.5 Å². The van der Waals surface area contributed by atoms with Crippen LogP contribution < -0.4 is 5.73 Å². The fraction of sp³-hybridized carbons (Fsp3) is 0.562. The first-order valence-corrected chi connectivity index (χ1v) is 7.91. The van der Waals surface area contributed by atoms with Crippen LogP contribution in [0.3, 0.4) is 0 Å². The van der Waals surface area contributed by atoms with Crippen LogP contribution in [-0.4, -0.2) is 44.3 Å². The number of piperidine rings is 1. The molecule has 1 aliphatic heterocycles. The first-order valence-electron chi connectivity index (χ1n) is 7.91. The lowest BCUT2D eigenvalue weighted by atomic mass is 9.95. The first-order chi connectivity index (χ1) is 10.8. The largest absolute Gasteiger partial charge is 0.444 e. The number of ether oxygens (including phenoxy) is 1. The Bertz CT molecular complexity index is 719. The summed E-state index contributed by atoms with van der Waals surface area (Å²) in [7, 11) is 0. The average molecular weight is 317 g/mol. The van der Waals surface area contributed by atoms with Gasteiger partial charge in [0.15, 0.2) is 0 Å². The lowest BCUT2D eigenvalue weighted by Crippen LogP contribution is -2.42. The highest BCUT2D eigenvalue weighted by Gasteiger charge is 2.29. The van der Waals surface area contributed by atoms with E-state index >= 15 is 0 Å². The minimum absolute atomic E-state index is 0.216. The number of rotatable bonds is 1. The van der Waals surface area contributed by atoms with Crippen LogP contribution in [-0.2, 0) is 4.74 Å². The summed E-state index contributed by atoms with van der Waals surface area (Å²) < 4.78 is 7.31. The minimum atomic E-state index is -0.479.